The minimum absolute atomic E-state index is 0.0293. The Hall–Kier alpha value is -1.17. The third-order valence-electron chi connectivity index (χ3n) is 1.91. The molecule has 90 valence electrons. The molecule has 0 aliphatic rings. The van der Waals surface area contributed by atoms with Crippen LogP contribution in [-0.2, 0) is 11.3 Å². The molecule has 0 heterocycles. The highest BCUT2D eigenvalue weighted by atomic mass is 19.1. The van der Waals surface area contributed by atoms with E-state index in [1.165, 1.54) is 18.2 Å². The van der Waals surface area contributed by atoms with Gasteiger partial charge in [0.1, 0.15) is 18.2 Å². The Morgan fingerprint density at radius 2 is 1.94 bits per heavy atom. The first kappa shape index (κ1) is 12.9. The van der Waals surface area contributed by atoms with Crippen LogP contribution in [0, 0.1) is 5.82 Å². The number of hydrogen-bond acceptors (Lipinski definition) is 4. The molecule has 16 heavy (non-hydrogen) atoms. The van der Waals surface area contributed by atoms with E-state index in [1.807, 2.05) is 0 Å². The van der Waals surface area contributed by atoms with Crippen molar-refractivity contribution in [1.29, 1.82) is 0 Å². The topological polar surface area (TPSA) is 58.9 Å². The number of ether oxygens (including phenoxy) is 2. The summed E-state index contributed by atoms with van der Waals surface area (Å²) in [6, 6.07) is 3.96. The molecule has 0 aliphatic carbocycles. The average molecular weight is 230 g/mol. The van der Waals surface area contributed by atoms with Crippen molar-refractivity contribution in [1.82, 2.24) is 0 Å². The maximum Gasteiger partial charge on any atom is 0.125 e. The summed E-state index contributed by atoms with van der Waals surface area (Å²) >= 11 is 0. The standard InChI is InChI=1S/C11H15FO4/c12-10-1-2-11(9(7-10)8-14)16-6-5-15-4-3-13/h1-2,7,13-14H,3-6,8H2. The summed E-state index contributed by atoms with van der Waals surface area (Å²) in [4.78, 5) is 0. The average Bonchev–Trinajstić information content (AvgIpc) is 2.30. The van der Waals surface area contributed by atoms with Crippen LogP contribution in [0.4, 0.5) is 4.39 Å². The van der Waals surface area contributed by atoms with Gasteiger partial charge in [-0.2, -0.15) is 0 Å². The molecule has 0 radical (unpaired) electrons. The zero-order valence-corrected chi connectivity index (χ0v) is 8.86. The largest absolute Gasteiger partial charge is 0.491 e. The molecule has 0 aliphatic heterocycles. The first-order chi connectivity index (χ1) is 7.77. The monoisotopic (exact) mass is 230 g/mol. The van der Waals surface area contributed by atoms with Crippen molar-refractivity contribution in [3.63, 3.8) is 0 Å². The zero-order valence-electron chi connectivity index (χ0n) is 8.86. The Labute approximate surface area is 93.2 Å². The van der Waals surface area contributed by atoms with Crippen molar-refractivity contribution in [2.24, 2.45) is 0 Å². The van der Waals surface area contributed by atoms with Crippen molar-refractivity contribution in [2.45, 2.75) is 6.61 Å². The second-order valence-electron chi connectivity index (χ2n) is 3.09. The predicted molar refractivity (Wildman–Crippen MR) is 55.7 cm³/mol. The first-order valence-corrected chi connectivity index (χ1v) is 4.98. The molecule has 4 nitrogen and oxygen atoms in total. The van der Waals surface area contributed by atoms with Crippen LogP contribution >= 0.6 is 0 Å². The van der Waals surface area contributed by atoms with Gasteiger partial charge in [0, 0.05) is 5.56 Å². The van der Waals surface area contributed by atoms with Gasteiger partial charge in [-0.3, -0.25) is 0 Å². The Morgan fingerprint density at radius 1 is 1.12 bits per heavy atom. The smallest absolute Gasteiger partial charge is 0.125 e. The van der Waals surface area contributed by atoms with Gasteiger partial charge in [0.25, 0.3) is 0 Å². The molecular formula is C11H15FO4. The highest BCUT2D eigenvalue weighted by Gasteiger charge is 2.04. The van der Waals surface area contributed by atoms with Crippen LogP contribution in [0.25, 0.3) is 0 Å². The van der Waals surface area contributed by atoms with Gasteiger partial charge in [-0.1, -0.05) is 0 Å². The third-order valence-corrected chi connectivity index (χ3v) is 1.91. The SMILES string of the molecule is OCCOCCOc1ccc(F)cc1CO. The molecule has 0 spiro atoms. The van der Waals surface area contributed by atoms with Gasteiger partial charge in [-0.05, 0) is 18.2 Å². The molecule has 0 amide bonds. The van der Waals surface area contributed by atoms with Gasteiger partial charge < -0.3 is 19.7 Å². The van der Waals surface area contributed by atoms with Crippen molar-refractivity contribution >= 4 is 0 Å². The lowest BCUT2D eigenvalue weighted by Crippen LogP contribution is -2.10. The van der Waals surface area contributed by atoms with E-state index in [2.05, 4.69) is 0 Å². The van der Waals surface area contributed by atoms with E-state index in [0.29, 0.717) is 24.5 Å². The molecule has 0 bridgehead atoms. The van der Waals surface area contributed by atoms with Gasteiger partial charge >= 0.3 is 0 Å². The minimum atomic E-state index is -0.409. The number of hydrogen-bond donors (Lipinski definition) is 2. The van der Waals surface area contributed by atoms with E-state index >= 15 is 0 Å². The van der Waals surface area contributed by atoms with Crippen LogP contribution in [0.15, 0.2) is 18.2 Å². The van der Waals surface area contributed by atoms with Crippen molar-refractivity contribution in [2.75, 3.05) is 26.4 Å². The quantitative estimate of drug-likeness (QED) is 0.677. The predicted octanol–water partition coefficient (Wildman–Crippen LogP) is 0.706. The summed E-state index contributed by atoms with van der Waals surface area (Å²) in [7, 11) is 0. The number of rotatable bonds is 7. The van der Waals surface area contributed by atoms with E-state index in [0.717, 1.165) is 0 Å². The molecule has 1 rings (SSSR count). The highest BCUT2D eigenvalue weighted by molar-refractivity contribution is 5.33. The zero-order chi connectivity index (χ0) is 11.8. The molecule has 0 atom stereocenters. The van der Waals surface area contributed by atoms with Gasteiger partial charge in [0.15, 0.2) is 0 Å². The van der Waals surface area contributed by atoms with E-state index in [9.17, 15) is 4.39 Å². The fourth-order valence-corrected chi connectivity index (χ4v) is 1.19. The van der Waals surface area contributed by atoms with E-state index in [1.54, 1.807) is 0 Å². The first-order valence-electron chi connectivity index (χ1n) is 4.98. The molecule has 0 aromatic heterocycles. The summed E-state index contributed by atoms with van der Waals surface area (Å²) in [6.07, 6.45) is 0. The van der Waals surface area contributed by atoms with E-state index in [-0.39, 0.29) is 19.8 Å². The lowest BCUT2D eigenvalue weighted by Gasteiger charge is -2.10. The van der Waals surface area contributed by atoms with Gasteiger partial charge in [-0.25, -0.2) is 4.39 Å². The Balaban J connectivity index is 2.41. The fraction of sp³-hybridized carbons (Fsp3) is 0.455. The maximum atomic E-state index is 12.8. The molecule has 1 aromatic carbocycles. The molecule has 2 N–H and O–H groups in total. The van der Waals surface area contributed by atoms with Gasteiger partial charge in [-0.15, -0.1) is 0 Å². The molecular weight excluding hydrogens is 215 g/mol. The Morgan fingerprint density at radius 3 is 2.62 bits per heavy atom. The van der Waals surface area contributed by atoms with Crippen LogP contribution < -0.4 is 4.74 Å². The van der Waals surface area contributed by atoms with Crippen LogP contribution in [0.2, 0.25) is 0 Å². The maximum absolute atomic E-state index is 12.8. The summed E-state index contributed by atoms with van der Waals surface area (Å²) in [5.41, 5.74) is 0.405. The summed E-state index contributed by atoms with van der Waals surface area (Å²) in [5, 5.41) is 17.4. The van der Waals surface area contributed by atoms with Crippen molar-refractivity contribution in [3.05, 3.63) is 29.6 Å². The molecule has 0 fully saturated rings. The van der Waals surface area contributed by atoms with Crippen LogP contribution in [0.1, 0.15) is 5.56 Å². The second-order valence-corrected chi connectivity index (χ2v) is 3.09. The lowest BCUT2D eigenvalue weighted by atomic mass is 10.2. The van der Waals surface area contributed by atoms with E-state index in [4.69, 9.17) is 19.7 Å². The third kappa shape index (κ3) is 4.14. The summed E-state index contributed by atoms with van der Waals surface area (Å²) in [6.45, 7) is 0.587. The molecule has 0 saturated heterocycles. The fourth-order valence-electron chi connectivity index (χ4n) is 1.19. The van der Waals surface area contributed by atoms with Crippen molar-refractivity contribution < 1.29 is 24.1 Å². The second kappa shape index (κ2) is 7.16. The van der Waals surface area contributed by atoms with Gasteiger partial charge in [0.2, 0.25) is 0 Å². The molecule has 0 unspecified atom stereocenters. The van der Waals surface area contributed by atoms with Crippen LogP contribution in [0.3, 0.4) is 0 Å². The summed E-state index contributed by atoms with van der Waals surface area (Å²) < 4.78 is 23.1. The number of halogens is 1. The number of aliphatic hydroxyl groups is 2. The number of aliphatic hydroxyl groups excluding tert-OH is 2. The van der Waals surface area contributed by atoms with Gasteiger partial charge in [0.05, 0.1) is 26.4 Å². The molecule has 1 aromatic rings. The minimum Gasteiger partial charge on any atom is -0.491 e. The van der Waals surface area contributed by atoms with E-state index < -0.39 is 5.82 Å². The van der Waals surface area contributed by atoms with Crippen LogP contribution in [-0.4, -0.2) is 36.6 Å². The Kier molecular flexibility index (Phi) is 5.77. The highest BCUT2D eigenvalue weighted by Crippen LogP contribution is 2.19. The Bertz CT molecular complexity index is 317. The normalized spacial score (nSPS) is 10.4. The lowest BCUT2D eigenvalue weighted by molar-refractivity contribution is 0.0699. The molecule has 5 heteroatoms. The van der Waals surface area contributed by atoms with Crippen molar-refractivity contribution in [3.8, 4) is 5.75 Å². The number of benzene rings is 1. The molecule has 0 saturated carbocycles. The summed E-state index contributed by atoms with van der Waals surface area (Å²) in [5.74, 6) is 0.0319. The van der Waals surface area contributed by atoms with Crippen LogP contribution in [0.5, 0.6) is 5.75 Å².